The molecule has 1 unspecified atom stereocenters. The lowest BCUT2D eigenvalue weighted by atomic mass is 9.84. The van der Waals surface area contributed by atoms with Crippen LogP contribution in [0, 0.1) is 17.3 Å². The fourth-order valence-electron chi connectivity index (χ4n) is 5.75. The Bertz CT molecular complexity index is 1390. The molecule has 0 spiro atoms. The fourth-order valence-corrected chi connectivity index (χ4v) is 6.50. The number of Topliss-reactive ketones (excluding diaryl/α,β-unsaturated/α-hetero) is 1. The lowest BCUT2D eigenvalue weighted by Gasteiger charge is -2.29. The molecule has 2 aromatic rings. The van der Waals surface area contributed by atoms with Crippen LogP contribution in [0.3, 0.4) is 0 Å². The van der Waals surface area contributed by atoms with E-state index in [2.05, 4.69) is 20.9 Å². The first kappa shape index (κ1) is 37.8. The van der Waals surface area contributed by atoms with E-state index in [1.165, 1.54) is 5.38 Å². The van der Waals surface area contributed by atoms with E-state index in [0.29, 0.717) is 12.8 Å². The van der Waals surface area contributed by atoms with E-state index < -0.39 is 35.4 Å². The third-order valence-electron chi connectivity index (χ3n) is 9.13. The van der Waals surface area contributed by atoms with Gasteiger partial charge in [-0.05, 0) is 70.5 Å². The van der Waals surface area contributed by atoms with Crippen molar-refractivity contribution in [2.45, 2.75) is 104 Å². The molecule has 0 aliphatic carbocycles. The Labute approximate surface area is 282 Å². The number of hydrogen-bond acceptors (Lipinski definition) is 8. The molecule has 12 heteroatoms. The summed E-state index contributed by atoms with van der Waals surface area (Å²) >= 11 is 1.06. The number of carboxylic acids is 1. The minimum absolute atomic E-state index is 0.0199. The maximum absolute atomic E-state index is 13.5. The third kappa shape index (κ3) is 10.7. The molecule has 0 bridgehead atoms. The summed E-state index contributed by atoms with van der Waals surface area (Å²) in [5.74, 6) is -2.44. The van der Waals surface area contributed by atoms with Crippen LogP contribution in [0.2, 0.25) is 0 Å². The van der Waals surface area contributed by atoms with Gasteiger partial charge < -0.3 is 21.1 Å². The molecule has 4 N–H and O–H groups in total. The number of carbonyl (C=O) groups excluding carboxylic acids is 4. The van der Waals surface area contributed by atoms with Crippen LogP contribution in [0.15, 0.2) is 35.7 Å². The van der Waals surface area contributed by atoms with Crippen LogP contribution >= 0.6 is 11.3 Å². The number of rotatable bonds is 17. The van der Waals surface area contributed by atoms with Gasteiger partial charge in [-0.1, -0.05) is 64.4 Å². The average molecular weight is 670 g/mol. The maximum Gasteiger partial charge on any atom is 0.309 e. The molecule has 3 amide bonds. The van der Waals surface area contributed by atoms with E-state index >= 15 is 0 Å². The van der Waals surface area contributed by atoms with Crippen LogP contribution in [0.25, 0.3) is 0 Å². The van der Waals surface area contributed by atoms with E-state index in [1.54, 1.807) is 13.8 Å². The van der Waals surface area contributed by atoms with Crippen LogP contribution in [0.1, 0.15) is 99.5 Å². The number of likely N-dealkylation sites (tertiary alicyclic amines) is 1. The first-order valence-corrected chi connectivity index (χ1v) is 17.4. The number of nitrogens with one attached hydrogen (secondary N) is 3. The molecule has 3 rings (SSSR count). The van der Waals surface area contributed by atoms with E-state index in [1.807, 2.05) is 70.0 Å². The van der Waals surface area contributed by atoms with Crippen molar-refractivity contribution in [2.75, 3.05) is 13.6 Å². The summed E-state index contributed by atoms with van der Waals surface area (Å²) in [6.07, 6.45) is 2.99. The highest BCUT2D eigenvalue weighted by Crippen LogP contribution is 2.25. The smallest absolute Gasteiger partial charge is 0.309 e. The van der Waals surface area contributed by atoms with Gasteiger partial charge in [0.15, 0.2) is 10.8 Å². The van der Waals surface area contributed by atoms with Crippen LogP contribution in [-0.4, -0.2) is 82.2 Å². The first-order chi connectivity index (χ1) is 22.1. The highest BCUT2D eigenvalue weighted by atomic mass is 32.1. The number of likely N-dealkylation sites (N-methyl/N-ethyl adjacent to an activating group) is 1. The first-order valence-electron chi connectivity index (χ1n) is 16.5. The molecule has 258 valence electrons. The molecule has 2 heterocycles. The number of nitrogens with zero attached hydrogens (tertiary/aromatic N) is 2. The summed E-state index contributed by atoms with van der Waals surface area (Å²) < 4.78 is 0. The summed E-state index contributed by atoms with van der Waals surface area (Å²) in [4.78, 5) is 71.4. The van der Waals surface area contributed by atoms with Crippen LogP contribution < -0.4 is 16.0 Å². The Balaban J connectivity index is 1.68. The molecule has 1 aromatic carbocycles. The summed E-state index contributed by atoms with van der Waals surface area (Å²) in [6, 6.07) is 7.52. The predicted octanol–water partition coefficient (Wildman–Crippen LogP) is 4.32. The Kier molecular flexibility index (Phi) is 13.6. The standard InChI is InChI=1S/C35H51N5O6S/c1-8-22(4)29(39-31(43)27-15-12-16-40(27)7)32(44)37-25(21(2)3)18-28(41)33-38-26(20-47-33)30(42)36-24(19-35(5,6)34(45)46)17-23-13-10-9-11-14-23/h9-11,13-14,20-22,24-25,27,29H,8,12,15-19H2,1-7H3,(H,36,42)(H,37,44)(H,39,43)(H,45,46)/t22?,24-,25+,27+,29-/m0/s1. The van der Waals surface area contributed by atoms with Crippen molar-refractivity contribution in [3.63, 3.8) is 0 Å². The SMILES string of the molecule is CCC(C)[C@H](NC(=O)[C@H]1CCCN1C)C(=O)N[C@H](CC(=O)c1nc(C(=O)N[C@@H](Cc2ccccc2)CC(C)(C)C(=O)O)cs1)C(C)C. The largest absolute Gasteiger partial charge is 0.481 e. The second kappa shape index (κ2) is 17.0. The summed E-state index contributed by atoms with van der Waals surface area (Å²) in [5.41, 5.74) is -0.0440. The minimum atomic E-state index is -1.07. The Morgan fingerprint density at radius 3 is 2.32 bits per heavy atom. The van der Waals surface area contributed by atoms with E-state index in [0.717, 1.165) is 36.3 Å². The fraction of sp³-hybridized carbons (Fsp3) is 0.600. The lowest BCUT2D eigenvalue weighted by Crippen LogP contribution is -2.56. The zero-order chi connectivity index (χ0) is 34.9. The number of amides is 3. The molecule has 1 aromatic heterocycles. The molecule has 1 fully saturated rings. The zero-order valence-electron chi connectivity index (χ0n) is 28.7. The Morgan fingerprint density at radius 1 is 1.06 bits per heavy atom. The van der Waals surface area contributed by atoms with Gasteiger partial charge in [-0.3, -0.25) is 28.9 Å². The number of aromatic nitrogens is 1. The number of thiazole rings is 1. The van der Waals surface area contributed by atoms with Gasteiger partial charge in [-0.2, -0.15) is 0 Å². The molecule has 0 saturated carbocycles. The molecular weight excluding hydrogens is 618 g/mol. The lowest BCUT2D eigenvalue weighted by molar-refractivity contribution is -0.147. The van der Waals surface area contributed by atoms with E-state index in [9.17, 15) is 29.1 Å². The topological polar surface area (TPSA) is 158 Å². The quantitative estimate of drug-likeness (QED) is 0.181. The number of ketones is 1. The third-order valence-corrected chi connectivity index (χ3v) is 10.0. The van der Waals surface area contributed by atoms with Gasteiger partial charge in [0.1, 0.15) is 11.7 Å². The number of hydrogen-bond donors (Lipinski definition) is 4. The highest BCUT2D eigenvalue weighted by Gasteiger charge is 2.35. The molecule has 1 aliphatic rings. The van der Waals surface area contributed by atoms with Crippen LogP contribution in [0.4, 0.5) is 0 Å². The van der Waals surface area contributed by atoms with Crippen LogP contribution in [-0.2, 0) is 20.8 Å². The van der Waals surface area contributed by atoms with Crippen LogP contribution in [0.5, 0.6) is 0 Å². The summed E-state index contributed by atoms with van der Waals surface area (Å²) in [7, 11) is 1.91. The van der Waals surface area contributed by atoms with Crippen molar-refractivity contribution in [3.05, 3.63) is 52.0 Å². The number of carboxylic acid groups (broad SMARTS) is 1. The highest BCUT2D eigenvalue weighted by molar-refractivity contribution is 7.11. The summed E-state index contributed by atoms with van der Waals surface area (Å²) in [6.45, 7) is 11.8. The summed E-state index contributed by atoms with van der Waals surface area (Å²) in [5, 5.41) is 20.3. The molecule has 1 saturated heterocycles. The maximum atomic E-state index is 13.5. The zero-order valence-corrected chi connectivity index (χ0v) is 29.5. The second-order valence-corrected chi connectivity index (χ2v) is 14.6. The van der Waals surface area contributed by atoms with Gasteiger partial charge in [0.25, 0.3) is 5.91 Å². The second-order valence-electron chi connectivity index (χ2n) is 13.8. The Morgan fingerprint density at radius 2 is 1.74 bits per heavy atom. The molecule has 11 nitrogen and oxygen atoms in total. The number of aliphatic carboxylic acids is 1. The van der Waals surface area contributed by atoms with Crippen molar-refractivity contribution in [1.29, 1.82) is 0 Å². The van der Waals surface area contributed by atoms with Crippen molar-refractivity contribution < 1.29 is 29.1 Å². The average Bonchev–Trinajstić information content (AvgIpc) is 3.69. The number of benzene rings is 1. The molecule has 1 aliphatic heterocycles. The van der Waals surface area contributed by atoms with Gasteiger partial charge in [0.2, 0.25) is 11.8 Å². The van der Waals surface area contributed by atoms with Crippen molar-refractivity contribution >= 4 is 40.8 Å². The molecular formula is C35H51N5O6S. The van der Waals surface area contributed by atoms with Gasteiger partial charge >= 0.3 is 5.97 Å². The molecule has 5 atom stereocenters. The van der Waals surface area contributed by atoms with E-state index in [-0.39, 0.29) is 59.0 Å². The van der Waals surface area contributed by atoms with Gasteiger partial charge in [-0.25, -0.2) is 4.98 Å². The monoisotopic (exact) mass is 669 g/mol. The molecule has 0 radical (unpaired) electrons. The Hall–Kier alpha value is -3.64. The van der Waals surface area contributed by atoms with Crippen molar-refractivity contribution in [2.24, 2.45) is 17.3 Å². The van der Waals surface area contributed by atoms with Crippen molar-refractivity contribution in [3.8, 4) is 0 Å². The normalized spacial score (nSPS) is 17.8. The minimum Gasteiger partial charge on any atom is -0.481 e. The predicted molar refractivity (Wildman–Crippen MR) is 182 cm³/mol. The number of carbonyl (C=O) groups is 5. The van der Waals surface area contributed by atoms with Gasteiger partial charge in [0.05, 0.1) is 11.5 Å². The van der Waals surface area contributed by atoms with Gasteiger partial charge in [0, 0.05) is 23.9 Å². The van der Waals surface area contributed by atoms with Crippen molar-refractivity contribution in [1.82, 2.24) is 25.8 Å². The van der Waals surface area contributed by atoms with E-state index in [4.69, 9.17) is 0 Å². The molecule has 47 heavy (non-hydrogen) atoms. The van der Waals surface area contributed by atoms with Gasteiger partial charge in [-0.15, -0.1) is 11.3 Å².